The van der Waals surface area contributed by atoms with Crippen molar-refractivity contribution >= 4 is 11.6 Å². The SMILES string of the molecule is COc1ccccc1-n1nc(C)c(Cl)c1C. The zero-order valence-corrected chi connectivity index (χ0v) is 10.2. The highest BCUT2D eigenvalue weighted by atomic mass is 35.5. The van der Waals surface area contributed by atoms with E-state index in [0.717, 1.165) is 22.8 Å². The molecule has 0 amide bonds. The fraction of sp³-hybridized carbons (Fsp3) is 0.250. The fourth-order valence-electron chi connectivity index (χ4n) is 1.66. The van der Waals surface area contributed by atoms with Crippen LogP contribution in [0.2, 0.25) is 5.02 Å². The van der Waals surface area contributed by atoms with Crippen LogP contribution in [0.25, 0.3) is 5.69 Å². The molecule has 0 aliphatic heterocycles. The number of para-hydroxylation sites is 2. The molecular formula is C12H13ClN2O. The molecule has 4 heteroatoms. The van der Waals surface area contributed by atoms with E-state index in [9.17, 15) is 0 Å². The van der Waals surface area contributed by atoms with Crippen LogP contribution in [0.15, 0.2) is 24.3 Å². The number of aryl methyl sites for hydroxylation is 1. The lowest BCUT2D eigenvalue weighted by molar-refractivity contribution is 0.411. The Morgan fingerprint density at radius 2 is 1.94 bits per heavy atom. The zero-order chi connectivity index (χ0) is 11.7. The van der Waals surface area contributed by atoms with Crippen LogP contribution in [-0.4, -0.2) is 16.9 Å². The number of ether oxygens (including phenoxy) is 1. The van der Waals surface area contributed by atoms with Crippen molar-refractivity contribution in [3.05, 3.63) is 40.7 Å². The van der Waals surface area contributed by atoms with Crippen molar-refractivity contribution in [1.82, 2.24) is 9.78 Å². The average molecular weight is 237 g/mol. The lowest BCUT2D eigenvalue weighted by Crippen LogP contribution is -2.01. The molecule has 3 nitrogen and oxygen atoms in total. The van der Waals surface area contributed by atoms with Crippen LogP contribution in [0, 0.1) is 13.8 Å². The predicted octanol–water partition coefficient (Wildman–Crippen LogP) is 3.15. The fourth-order valence-corrected chi connectivity index (χ4v) is 1.78. The second-order valence-electron chi connectivity index (χ2n) is 3.57. The molecule has 0 N–H and O–H groups in total. The molecule has 0 saturated heterocycles. The molecule has 0 aliphatic carbocycles. The molecule has 0 spiro atoms. The summed E-state index contributed by atoms with van der Waals surface area (Å²) in [5.41, 5.74) is 2.64. The molecule has 2 aromatic rings. The number of rotatable bonds is 2. The van der Waals surface area contributed by atoms with Gasteiger partial charge in [-0.15, -0.1) is 0 Å². The van der Waals surface area contributed by atoms with Crippen molar-refractivity contribution in [1.29, 1.82) is 0 Å². The number of benzene rings is 1. The molecule has 0 radical (unpaired) electrons. The Labute approximate surface area is 99.6 Å². The Morgan fingerprint density at radius 3 is 2.50 bits per heavy atom. The highest BCUT2D eigenvalue weighted by Crippen LogP contribution is 2.27. The summed E-state index contributed by atoms with van der Waals surface area (Å²) < 4.78 is 7.10. The van der Waals surface area contributed by atoms with Gasteiger partial charge in [0, 0.05) is 0 Å². The lowest BCUT2D eigenvalue weighted by Gasteiger charge is -2.09. The number of halogens is 1. The number of hydrogen-bond acceptors (Lipinski definition) is 2. The third-order valence-electron chi connectivity index (χ3n) is 2.52. The van der Waals surface area contributed by atoms with Crippen LogP contribution in [0.5, 0.6) is 5.75 Å². The second kappa shape index (κ2) is 4.18. The molecule has 84 valence electrons. The predicted molar refractivity (Wildman–Crippen MR) is 64.6 cm³/mol. The Hall–Kier alpha value is -1.48. The van der Waals surface area contributed by atoms with Crippen molar-refractivity contribution < 1.29 is 4.74 Å². The first-order valence-corrected chi connectivity index (χ1v) is 5.38. The maximum absolute atomic E-state index is 6.12. The molecule has 2 rings (SSSR count). The number of aromatic nitrogens is 2. The van der Waals surface area contributed by atoms with Gasteiger partial charge in [-0.3, -0.25) is 0 Å². The van der Waals surface area contributed by atoms with Gasteiger partial charge in [-0.1, -0.05) is 23.7 Å². The summed E-state index contributed by atoms with van der Waals surface area (Å²) in [6, 6.07) is 7.73. The Bertz CT molecular complexity index is 520. The Kier molecular flexibility index (Phi) is 2.88. The van der Waals surface area contributed by atoms with E-state index in [1.807, 2.05) is 38.1 Å². The highest BCUT2D eigenvalue weighted by molar-refractivity contribution is 6.31. The minimum Gasteiger partial charge on any atom is -0.494 e. The van der Waals surface area contributed by atoms with Crippen molar-refractivity contribution in [2.24, 2.45) is 0 Å². The molecule has 0 saturated carbocycles. The van der Waals surface area contributed by atoms with E-state index in [1.165, 1.54) is 0 Å². The smallest absolute Gasteiger partial charge is 0.144 e. The van der Waals surface area contributed by atoms with Gasteiger partial charge in [-0.05, 0) is 26.0 Å². The molecule has 1 aromatic carbocycles. The standard InChI is InChI=1S/C12H13ClN2O/c1-8-12(13)9(2)15(14-8)10-6-4-5-7-11(10)16-3/h4-7H,1-3H3. The van der Waals surface area contributed by atoms with Crippen molar-refractivity contribution in [3.8, 4) is 11.4 Å². The summed E-state index contributed by atoms with van der Waals surface area (Å²) in [5.74, 6) is 0.782. The molecule has 0 unspecified atom stereocenters. The normalized spacial score (nSPS) is 10.5. The van der Waals surface area contributed by atoms with E-state index in [4.69, 9.17) is 16.3 Å². The van der Waals surface area contributed by atoms with E-state index in [-0.39, 0.29) is 0 Å². The summed E-state index contributed by atoms with van der Waals surface area (Å²) in [6.45, 7) is 3.83. The maximum atomic E-state index is 6.12. The lowest BCUT2D eigenvalue weighted by atomic mass is 10.3. The molecule has 1 aromatic heterocycles. The van der Waals surface area contributed by atoms with Gasteiger partial charge < -0.3 is 4.74 Å². The summed E-state index contributed by atoms with van der Waals surface area (Å²) >= 11 is 6.12. The van der Waals surface area contributed by atoms with Gasteiger partial charge in [0.15, 0.2) is 0 Å². The van der Waals surface area contributed by atoms with Gasteiger partial charge in [0.05, 0.1) is 23.5 Å². The van der Waals surface area contributed by atoms with Crippen LogP contribution in [0.4, 0.5) is 0 Å². The van der Waals surface area contributed by atoms with E-state index in [1.54, 1.807) is 11.8 Å². The van der Waals surface area contributed by atoms with Crippen LogP contribution >= 0.6 is 11.6 Å². The van der Waals surface area contributed by atoms with Gasteiger partial charge in [0.1, 0.15) is 11.4 Å². The highest BCUT2D eigenvalue weighted by Gasteiger charge is 2.13. The van der Waals surface area contributed by atoms with Gasteiger partial charge in [-0.2, -0.15) is 5.10 Å². The van der Waals surface area contributed by atoms with Gasteiger partial charge in [0.2, 0.25) is 0 Å². The van der Waals surface area contributed by atoms with Crippen LogP contribution < -0.4 is 4.74 Å². The van der Waals surface area contributed by atoms with E-state index >= 15 is 0 Å². The first-order valence-electron chi connectivity index (χ1n) is 5.00. The summed E-state index contributed by atoms with van der Waals surface area (Å²) in [5, 5.41) is 5.09. The monoisotopic (exact) mass is 236 g/mol. The van der Waals surface area contributed by atoms with Gasteiger partial charge >= 0.3 is 0 Å². The minimum atomic E-state index is 0.700. The molecule has 0 atom stereocenters. The van der Waals surface area contributed by atoms with Gasteiger partial charge in [-0.25, -0.2) is 4.68 Å². The quantitative estimate of drug-likeness (QED) is 0.801. The molecule has 0 fully saturated rings. The number of methoxy groups -OCH3 is 1. The van der Waals surface area contributed by atoms with Crippen LogP contribution in [0.1, 0.15) is 11.4 Å². The number of hydrogen-bond donors (Lipinski definition) is 0. The Morgan fingerprint density at radius 1 is 1.25 bits per heavy atom. The van der Waals surface area contributed by atoms with Crippen molar-refractivity contribution in [3.63, 3.8) is 0 Å². The van der Waals surface area contributed by atoms with Crippen LogP contribution in [0.3, 0.4) is 0 Å². The summed E-state index contributed by atoms with van der Waals surface area (Å²) in [6.07, 6.45) is 0. The zero-order valence-electron chi connectivity index (χ0n) is 9.49. The average Bonchev–Trinajstić information content (AvgIpc) is 2.57. The van der Waals surface area contributed by atoms with Crippen LogP contribution in [-0.2, 0) is 0 Å². The molecule has 0 aliphatic rings. The second-order valence-corrected chi connectivity index (χ2v) is 3.95. The molecule has 1 heterocycles. The Balaban J connectivity index is 2.63. The summed E-state index contributed by atoms with van der Waals surface area (Å²) in [4.78, 5) is 0. The number of nitrogens with zero attached hydrogens (tertiary/aromatic N) is 2. The molecule has 16 heavy (non-hydrogen) atoms. The van der Waals surface area contributed by atoms with Crippen molar-refractivity contribution in [2.45, 2.75) is 13.8 Å². The van der Waals surface area contributed by atoms with Gasteiger partial charge in [0.25, 0.3) is 0 Å². The van der Waals surface area contributed by atoms with E-state index in [2.05, 4.69) is 5.10 Å². The molecular weight excluding hydrogens is 224 g/mol. The van der Waals surface area contributed by atoms with E-state index < -0.39 is 0 Å². The van der Waals surface area contributed by atoms with E-state index in [0.29, 0.717) is 5.02 Å². The first-order chi connectivity index (χ1) is 7.65. The topological polar surface area (TPSA) is 27.1 Å². The third kappa shape index (κ3) is 1.67. The summed E-state index contributed by atoms with van der Waals surface area (Å²) in [7, 11) is 1.64. The minimum absolute atomic E-state index is 0.700. The maximum Gasteiger partial charge on any atom is 0.144 e. The first kappa shape index (κ1) is 11.0. The third-order valence-corrected chi connectivity index (χ3v) is 3.06. The molecule has 0 bridgehead atoms. The van der Waals surface area contributed by atoms with Crippen molar-refractivity contribution in [2.75, 3.05) is 7.11 Å². The largest absolute Gasteiger partial charge is 0.494 e.